The Labute approximate surface area is 197 Å². The Kier molecular flexibility index (Phi) is 7.06. The van der Waals surface area contributed by atoms with E-state index in [4.69, 9.17) is 4.74 Å². The molecule has 3 aromatic rings. The van der Waals surface area contributed by atoms with E-state index in [9.17, 15) is 13.2 Å². The molecule has 1 aromatic heterocycles. The van der Waals surface area contributed by atoms with Crippen LogP contribution in [0.2, 0.25) is 0 Å². The number of carbonyl (C=O) groups excluding carboxylic acids is 1. The predicted molar refractivity (Wildman–Crippen MR) is 127 cm³/mol. The van der Waals surface area contributed by atoms with E-state index >= 15 is 0 Å². The highest BCUT2D eigenvalue weighted by atomic mass is 32.2. The fraction of sp³-hybridized carbons (Fsp3) is 0.348. The second kappa shape index (κ2) is 9.98. The molecule has 0 saturated carbocycles. The highest BCUT2D eigenvalue weighted by Gasteiger charge is 2.31. The molecular formula is C23H26N4O4S2. The number of benzene rings is 2. The van der Waals surface area contributed by atoms with Crippen LogP contribution in [-0.2, 0) is 21.2 Å². The van der Waals surface area contributed by atoms with Crippen LogP contribution in [0.4, 0.5) is 5.69 Å². The molecule has 1 amide bonds. The van der Waals surface area contributed by atoms with Gasteiger partial charge in [0.1, 0.15) is 15.8 Å². The Morgan fingerprint density at radius 3 is 2.36 bits per heavy atom. The van der Waals surface area contributed by atoms with Gasteiger partial charge in [0.2, 0.25) is 15.9 Å². The molecule has 0 radical (unpaired) electrons. The SMILES string of the molecule is COc1ccc(Cc2nnc(C3CCN(S(=O)(=O)c4ccc(NC(C)=O)cc4)CC3)s2)cc1. The maximum atomic E-state index is 13.0. The minimum atomic E-state index is -3.58. The standard InChI is InChI=1S/C23H26N4O4S2/c1-16(28)24-19-5-9-21(10-6-19)33(29,30)27-13-11-18(12-14-27)23-26-25-22(32-23)15-17-3-7-20(31-2)8-4-17/h3-10,18H,11-15H2,1-2H3,(H,24,28). The number of nitrogens with one attached hydrogen (secondary N) is 1. The van der Waals surface area contributed by atoms with Crippen LogP contribution in [0.15, 0.2) is 53.4 Å². The minimum absolute atomic E-state index is 0.198. The molecule has 33 heavy (non-hydrogen) atoms. The van der Waals surface area contributed by atoms with Crippen molar-refractivity contribution in [2.24, 2.45) is 0 Å². The molecule has 1 aliphatic heterocycles. The van der Waals surface area contributed by atoms with Crippen LogP contribution in [0.5, 0.6) is 5.75 Å². The van der Waals surface area contributed by atoms with E-state index in [0.29, 0.717) is 38.0 Å². The van der Waals surface area contributed by atoms with Gasteiger partial charge in [-0.05, 0) is 54.8 Å². The summed E-state index contributed by atoms with van der Waals surface area (Å²) in [6, 6.07) is 14.2. The normalized spacial score (nSPS) is 15.3. The van der Waals surface area contributed by atoms with Crippen molar-refractivity contribution in [3.63, 3.8) is 0 Å². The lowest BCUT2D eigenvalue weighted by Crippen LogP contribution is -2.37. The molecule has 0 aliphatic carbocycles. The number of carbonyl (C=O) groups is 1. The number of methoxy groups -OCH3 is 1. The highest BCUT2D eigenvalue weighted by molar-refractivity contribution is 7.89. The first-order valence-electron chi connectivity index (χ1n) is 10.7. The van der Waals surface area contributed by atoms with Gasteiger partial charge in [0.15, 0.2) is 0 Å². The number of hydrogen-bond donors (Lipinski definition) is 1. The summed E-state index contributed by atoms with van der Waals surface area (Å²) in [5.41, 5.74) is 1.71. The average Bonchev–Trinajstić information content (AvgIpc) is 3.28. The minimum Gasteiger partial charge on any atom is -0.497 e. The third-order valence-electron chi connectivity index (χ3n) is 5.61. The van der Waals surface area contributed by atoms with E-state index in [1.807, 2.05) is 24.3 Å². The number of hydrogen-bond acceptors (Lipinski definition) is 7. The zero-order valence-corrected chi connectivity index (χ0v) is 20.2. The van der Waals surface area contributed by atoms with E-state index in [-0.39, 0.29) is 16.7 Å². The molecule has 1 saturated heterocycles. The maximum absolute atomic E-state index is 13.0. The van der Waals surface area contributed by atoms with Crippen molar-refractivity contribution in [1.82, 2.24) is 14.5 Å². The number of rotatable bonds is 7. The van der Waals surface area contributed by atoms with E-state index < -0.39 is 10.0 Å². The number of piperidine rings is 1. The topological polar surface area (TPSA) is 101 Å². The summed E-state index contributed by atoms with van der Waals surface area (Å²) >= 11 is 1.60. The van der Waals surface area contributed by atoms with Gasteiger partial charge in [0, 0.05) is 38.0 Å². The molecule has 0 atom stereocenters. The summed E-state index contributed by atoms with van der Waals surface area (Å²) in [4.78, 5) is 11.4. The predicted octanol–water partition coefficient (Wildman–Crippen LogP) is 3.66. The number of anilines is 1. The second-order valence-corrected chi connectivity index (χ2v) is 11.0. The third-order valence-corrected chi connectivity index (χ3v) is 8.61. The van der Waals surface area contributed by atoms with Gasteiger partial charge in [-0.2, -0.15) is 4.31 Å². The van der Waals surface area contributed by atoms with Crippen molar-refractivity contribution in [2.75, 3.05) is 25.5 Å². The number of sulfonamides is 1. The first-order chi connectivity index (χ1) is 15.8. The number of aromatic nitrogens is 2. The summed E-state index contributed by atoms with van der Waals surface area (Å²) < 4.78 is 32.8. The van der Waals surface area contributed by atoms with Crippen LogP contribution in [0, 0.1) is 0 Å². The van der Waals surface area contributed by atoms with Gasteiger partial charge in [0.05, 0.1) is 12.0 Å². The fourth-order valence-corrected chi connectivity index (χ4v) is 6.34. The molecule has 1 N–H and O–H groups in total. The number of nitrogens with zero attached hydrogens (tertiary/aromatic N) is 3. The smallest absolute Gasteiger partial charge is 0.243 e. The first kappa shape index (κ1) is 23.3. The quantitative estimate of drug-likeness (QED) is 0.547. The molecule has 0 spiro atoms. The zero-order chi connectivity index (χ0) is 23.4. The van der Waals surface area contributed by atoms with Crippen molar-refractivity contribution in [3.05, 3.63) is 64.1 Å². The van der Waals surface area contributed by atoms with Gasteiger partial charge >= 0.3 is 0 Å². The van der Waals surface area contributed by atoms with Crippen molar-refractivity contribution < 1.29 is 17.9 Å². The highest BCUT2D eigenvalue weighted by Crippen LogP contribution is 2.33. The van der Waals surface area contributed by atoms with E-state index in [0.717, 1.165) is 21.3 Å². The van der Waals surface area contributed by atoms with Crippen LogP contribution >= 0.6 is 11.3 Å². The van der Waals surface area contributed by atoms with Gasteiger partial charge in [-0.1, -0.05) is 12.1 Å². The Morgan fingerprint density at radius 1 is 1.09 bits per heavy atom. The van der Waals surface area contributed by atoms with Crippen LogP contribution in [0.1, 0.15) is 41.3 Å². The Hall–Kier alpha value is -2.82. The molecule has 10 heteroatoms. The van der Waals surface area contributed by atoms with Crippen molar-refractivity contribution in [2.45, 2.75) is 37.0 Å². The van der Waals surface area contributed by atoms with Gasteiger partial charge in [-0.3, -0.25) is 4.79 Å². The monoisotopic (exact) mass is 486 g/mol. The average molecular weight is 487 g/mol. The van der Waals surface area contributed by atoms with Gasteiger partial charge in [0.25, 0.3) is 0 Å². The molecular weight excluding hydrogens is 460 g/mol. The third kappa shape index (κ3) is 5.58. The van der Waals surface area contributed by atoms with E-state index in [1.165, 1.54) is 23.4 Å². The molecule has 4 rings (SSSR count). The summed E-state index contributed by atoms with van der Waals surface area (Å²) in [6.45, 7) is 2.29. The lowest BCUT2D eigenvalue weighted by Gasteiger charge is -2.30. The molecule has 8 nitrogen and oxygen atoms in total. The van der Waals surface area contributed by atoms with Gasteiger partial charge in [-0.25, -0.2) is 8.42 Å². The maximum Gasteiger partial charge on any atom is 0.243 e. The molecule has 1 fully saturated rings. The fourth-order valence-electron chi connectivity index (χ4n) is 3.83. The summed E-state index contributed by atoms with van der Waals surface area (Å²) in [6.07, 6.45) is 2.13. The van der Waals surface area contributed by atoms with Crippen molar-refractivity contribution in [1.29, 1.82) is 0 Å². The van der Waals surface area contributed by atoms with Crippen molar-refractivity contribution >= 4 is 33.0 Å². The van der Waals surface area contributed by atoms with Crippen LogP contribution < -0.4 is 10.1 Å². The molecule has 0 bridgehead atoms. The van der Waals surface area contributed by atoms with Gasteiger partial charge < -0.3 is 10.1 Å². The second-order valence-electron chi connectivity index (χ2n) is 7.94. The summed E-state index contributed by atoms with van der Waals surface area (Å²) in [7, 11) is -1.93. The van der Waals surface area contributed by atoms with Gasteiger partial charge in [-0.15, -0.1) is 21.5 Å². The largest absolute Gasteiger partial charge is 0.497 e. The molecule has 1 aliphatic rings. The number of amides is 1. The van der Waals surface area contributed by atoms with Crippen LogP contribution in [0.3, 0.4) is 0 Å². The summed E-state index contributed by atoms with van der Waals surface area (Å²) in [5, 5.41) is 13.3. The zero-order valence-electron chi connectivity index (χ0n) is 18.5. The Balaban J connectivity index is 1.36. The Morgan fingerprint density at radius 2 is 1.76 bits per heavy atom. The molecule has 2 heterocycles. The van der Waals surface area contributed by atoms with Crippen molar-refractivity contribution in [3.8, 4) is 5.75 Å². The molecule has 2 aromatic carbocycles. The van der Waals surface area contributed by atoms with E-state index in [1.54, 1.807) is 30.6 Å². The first-order valence-corrected chi connectivity index (χ1v) is 12.9. The van der Waals surface area contributed by atoms with Crippen LogP contribution in [0.25, 0.3) is 0 Å². The lowest BCUT2D eigenvalue weighted by atomic mass is 9.99. The molecule has 0 unspecified atom stereocenters. The summed E-state index contributed by atoms with van der Waals surface area (Å²) in [5.74, 6) is 0.833. The number of ether oxygens (including phenoxy) is 1. The van der Waals surface area contributed by atoms with E-state index in [2.05, 4.69) is 15.5 Å². The van der Waals surface area contributed by atoms with Crippen LogP contribution in [-0.4, -0.2) is 49.0 Å². The lowest BCUT2D eigenvalue weighted by molar-refractivity contribution is -0.114. The Bertz CT molecular complexity index is 1200. The molecule has 174 valence electrons.